The maximum absolute atomic E-state index is 13.8. The van der Waals surface area contributed by atoms with Crippen LogP contribution in [0.5, 0.6) is 5.75 Å². The highest BCUT2D eigenvalue weighted by Gasteiger charge is 2.38. The number of phenolic OH excluding ortho intramolecular Hbond substituents is 1. The summed E-state index contributed by atoms with van der Waals surface area (Å²) < 4.78 is 0. The summed E-state index contributed by atoms with van der Waals surface area (Å²) in [7, 11) is 0. The molecule has 11 heteroatoms. The molecule has 272 valence electrons. The van der Waals surface area contributed by atoms with Crippen LogP contribution in [-0.2, 0) is 9.59 Å². The lowest BCUT2D eigenvalue weighted by Gasteiger charge is -2.23. The van der Waals surface area contributed by atoms with Gasteiger partial charge in [0.15, 0.2) is 11.6 Å². The third-order valence-corrected chi connectivity index (χ3v) is 9.47. The van der Waals surface area contributed by atoms with Gasteiger partial charge in [-0.2, -0.15) is 0 Å². The molecule has 0 radical (unpaired) electrons. The molecule has 0 spiro atoms. The van der Waals surface area contributed by atoms with Crippen molar-refractivity contribution in [3.05, 3.63) is 110 Å². The standard InChI is InChI=1S/C40H46ClNO9/c1-20-11-9-8-10-12-23(4)40(51)42-34-33(41)39(50)31-28(38(34)49)18-26(7)37(48)32(31)36(47)25(6)17-24(5)35(46)22(3)14-16-27(43)15-13-21(2)30(45)19-29(20)44/h8-14,16-18,20,22,24,27,29,35,43-44,46,48H,15,19H2,1-7H3,(H,42,51)/b10-8-,11-9-,16-14-,21-13-,23-12-,25-17-. The lowest BCUT2D eigenvalue weighted by molar-refractivity contribution is -0.118. The SMILES string of the molecule is C/C1=C/CC(O)/C=C\C(C)C(O)C(C)/C=C(/C)C(=O)c2c(O)c(C)cc3c2C(=O)C(Cl)=C(NC(=O)\C(C)=C/C=C\C=C/C(C)C(O)CC1=O)C3=O. The Kier molecular flexibility index (Phi) is 14.2. The molecule has 0 fully saturated rings. The number of Topliss-reactive ketones (excluding diaryl/α,β-unsaturated/α-hetero) is 4. The molecule has 4 rings (SSSR count). The molecule has 1 aromatic rings. The molecular formula is C40H46ClNO9. The number of aliphatic hydroxyl groups excluding tert-OH is 3. The van der Waals surface area contributed by atoms with Crippen LogP contribution < -0.4 is 5.32 Å². The Morgan fingerprint density at radius 3 is 2.08 bits per heavy atom. The lowest BCUT2D eigenvalue weighted by Crippen LogP contribution is -2.34. The number of aryl methyl sites for hydroxylation is 1. The van der Waals surface area contributed by atoms with Crippen LogP contribution in [0.25, 0.3) is 0 Å². The van der Waals surface area contributed by atoms with Gasteiger partial charge in [0.25, 0.3) is 5.91 Å². The Labute approximate surface area is 303 Å². The predicted octanol–water partition coefficient (Wildman–Crippen LogP) is 5.69. The van der Waals surface area contributed by atoms with Gasteiger partial charge in [0.05, 0.1) is 23.9 Å². The molecule has 2 aliphatic heterocycles. The lowest BCUT2D eigenvalue weighted by atomic mass is 9.83. The Bertz CT molecular complexity index is 1820. The zero-order chi connectivity index (χ0) is 38.3. The summed E-state index contributed by atoms with van der Waals surface area (Å²) in [5.41, 5.74) is -0.708. The Hall–Kier alpha value is -4.48. The number of nitrogens with one attached hydrogen (secondary N) is 1. The van der Waals surface area contributed by atoms with Crippen LogP contribution in [0.3, 0.4) is 0 Å². The van der Waals surface area contributed by atoms with E-state index >= 15 is 0 Å². The third kappa shape index (κ3) is 9.86. The summed E-state index contributed by atoms with van der Waals surface area (Å²) in [5, 5.41) is 44.9. The predicted molar refractivity (Wildman–Crippen MR) is 195 cm³/mol. The first-order chi connectivity index (χ1) is 23.9. The highest BCUT2D eigenvalue weighted by atomic mass is 35.5. The number of carbonyl (C=O) groups excluding carboxylic acids is 5. The van der Waals surface area contributed by atoms with Crippen molar-refractivity contribution in [2.75, 3.05) is 0 Å². The highest BCUT2D eigenvalue weighted by molar-refractivity contribution is 6.51. The summed E-state index contributed by atoms with van der Waals surface area (Å²) in [4.78, 5) is 66.8. The van der Waals surface area contributed by atoms with Crippen molar-refractivity contribution in [2.45, 2.75) is 79.6 Å². The molecule has 51 heavy (non-hydrogen) atoms. The first-order valence-corrected chi connectivity index (χ1v) is 17.1. The quantitative estimate of drug-likeness (QED) is 0.211. The van der Waals surface area contributed by atoms with Crippen LogP contribution in [0, 0.1) is 24.7 Å². The van der Waals surface area contributed by atoms with Crippen LogP contribution in [0.15, 0.2) is 88.2 Å². The summed E-state index contributed by atoms with van der Waals surface area (Å²) in [5.74, 6) is -5.47. The Morgan fingerprint density at radius 2 is 1.41 bits per heavy atom. The number of ketones is 4. The van der Waals surface area contributed by atoms with E-state index in [2.05, 4.69) is 5.32 Å². The summed E-state index contributed by atoms with van der Waals surface area (Å²) in [6, 6.07) is 1.26. The molecule has 1 aromatic carbocycles. The van der Waals surface area contributed by atoms with E-state index in [1.54, 1.807) is 64.2 Å². The van der Waals surface area contributed by atoms with Gasteiger partial charge >= 0.3 is 0 Å². The minimum atomic E-state index is -1.01. The van der Waals surface area contributed by atoms with E-state index in [1.165, 1.54) is 45.1 Å². The molecule has 6 atom stereocenters. The van der Waals surface area contributed by atoms with Gasteiger partial charge in [-0.1, -0.05) is 87.1 Å². The van der Waals surface area contributed by atoms with Gasteiger partial charge in [-0.15, -0.1) is 0 Å². The second-order valence-corrected chi connectivity index (χ2v) is 13.7. The van der Waals surface area contributed by atoms with Crippen molar-refractivity contribution in [2.24, 2.45) is 17.8 Å². The molecule has 10 nitrogen and oxygen atoms in total. The van der Waals surface area contributed by atoms with E-state index in [0.29, 0.717) is 5.57 Å². The molecule has 4 bridgehead atoms. The largest absolute Gasteiger partial charge is 0.507 e. The van der Waals surface area contributed by atoms with Crippen molar-refractivity contribution in [3.8, 4) is 5.75 Å². The van der Waals surface area contributed by atoms with Crippen molar-refractivity contribution in [1.29, 1.82) is 0 Å². The number of hydrogen-bond donors (Lipinski definition) is 5. The third-order valence-electron chi connectivity index (χ3n) is 9.11. The molecule has 3 aliphatic rings. The summed E-state index contributed by atoms with van der Waals surface area (Å²) in [6.07, 6.45) is 11.3. The summed E-state index contributed by atoms with van der Waals surface area (Å²) >= 11 is 6.36. The van der Waals surface area contributed by atoms with Crippen LogP contribution >= 0.6 is 11.6 Å². The monoisotopic (exact) mass is 719 g/mol. The van der Waals surface area contributed by atoms with Crippen LogP contribution in [-0.4, -0.2) is 67.8 Å². The number of fused-ring (bicyclic) bond motifs is 18. The molecule has 5 N–H and O–H groups in total. The van der Waals surface area contributed by atoms with Gasteiger partial charge in [0.1, 0.15) is 16.5 Å². The van der Waals surface area contributed by atoms with Crippen LogP contribution in [0.2, 0.25) is 0 Å². The Morgan fingerprint density at radius 1 is 0.745 bits per heavy atom. The Balaban J connectivity index is 2.08. The number of phenols is 1. The van der Waals surface area contributed by atoms with E-state index in [9.17, 15) is 44.4 Å². The average Bonchev–Trinajstić information content (AvgIpc) is 3.09. The average molecular weight is 720 g/mol. The number of aliphatic hydroxyl groups is 3. The maximum atomic E-state index is 13.8. The minimum absolute atomic E-state index is 0.0812. The fraction of sp³-hybridized carbons (Fsp3) is 0.375. The second kappa shape index (κ2) is 17.6. The highest BCUT2D eigenvalue weighted by Crippen LogP contribution is 2.37. The number of carbonyl (C=O) groups is 5. The maximum Gasteiger partial charge on any atom is 0.251 e. The molecule has 0 saturated heterocycles. The van der Waals surface area contributed by atoms with Crippen molar-refractivity contribution < 1.29 is 44.4 Å². The molecule has 1 amide bonds. The number of aromatic hydroxyl groups is 1. The number of benzene rings is 1. The number of rotatable bonds is 0. The van der Waals surface area contributed by atoms with Gasteiger partial charge in [-0.05, 0) is 56.9 Å². The topological polar surface area (TPSA) is 178 Å². The van der Waals surface area contributed by atoms with Gasteiger partial charge < -0.3 is 25.7 Å². The number of amides is 1. The zero-order valence-electron chi connectivity index (χ0n) is 29.9. The van der Waals surface area contributed by atoms with E-state index in [1.807, 2.05) is 0 Å². The molecular weight excluding hydrogens is 674 g/mol. The zero-order valence-corrected chi connectivity index (χ0v) is 30.6. The fourth-order valence-corrected chi connectivity index (χ4v) is 5.85. The number of halogens is 1. The molecule has 1 aliphatic carbocycles. The molecule has 2 heterocycles. The van der Waals surface area contributed by atoms with Gasteiger partial charge in [-0.3, -0.25) is 24.0 Å². The van der Waals surface area contributed by atoms with E-state index in [4.69, 9.17) is 11.6 Å². The van der Waals surface area contributed by atoms with Crippen LogP contribution in [0.1, 0.15) is 91.0 Å². The van der Waals surface area contributed by atoms with Crippen molar-refractivity contribution in [3.63, 3.8) is 0 Å². The number of hydrogen-bond acceptors (Lipinski definition) is 9. The normalized spacial score (nSPS) is 31.6. The fourth-order valence-electron chi connectivity index (χ4n) is 5.62. The summed E-state index contributed by atoms with van der Waals surface area (Å²) in [6.45, 7) is 11.2. The van der Waals surface area contributed by atoms with Gasteiger partial charge in [0, 0.05) is 40.9 Å². The first-order valence-electron chi connectivity index (χ1n) is 16.7. The van der Waals surface area contributed by atoms with Crippen molar-refractivity contribution >= 4 is 40.6 Å². The second-order valence-electron chi connectivity index (χ2n) is 13.3. The smallest absolute Gasteiger partial charge is 0.251 e. The van der Waals surface area contributed by atoms with E-state index in [-0.39, 0.29) is 46.8 Å². The van der Waals surface area contributed by atoms with Gasteiger partial charge in [-0.25, -0.2) is 0 Å². The van der Waals surface area contributed by atoms with Gasteiger partial charge in [0.2, 0.25) is 11.6 Å². The molecule has 6 unspecified atom stereocenters. The first kappa shape index (κ1) is 40.9. The van der Waals surface area contributed by atoms with E-state index < -0.39 is 81.0 Å². The molecule has 0 aromatic heterocycles. The van der Waals surface area contributed by atoms with Crippen LogP contribution in [0.4, 0.5) is 0 Å². The minimum Gasteiger partial charge on any atom is -0.507 e. The number of allylic oxidation sites excluding steroid dienone is 8. The van der Waals surface area contributed by atoms with Crippen molar-refractivity contribution in [1.82, 2.24) is 5.32 Å². The molecule has 0 saturated carbocycles. The van der Waals surface area contributed by atoms with E-state index in [0.717, 1.165) is 0 Å².